The number of fused-ring (bicyclic) bond motifs is 4. The molecule has 8 aromatic rings. The molecule has 7 heteroatoms. The molecule has 0 aliphatic heterocycles. The van der Waals surface area contributed by atoms with Crippen LogP contribution in [0.1, 0.15) is 22.3 Å². The third kappa shape index (κ3) is 8.49. The number of halogens is 1. The van der Waals surface area contributed by atoms with Gasteiger partial charge in [-0.15, -0.1) is 0 Å². The van der Waals surface area contributed by atoms with Gasteiger partial charge in [0.1, 0.15) is 6.33 Å². The summed E-state index contributed by atoms with van der Waals surface area (Å²) < 4.78 is 0. The fraction of sp³-hybridized carbons (Fsp3) is 0.100. The molecular weight excluding hydrogens is 657 g/mol. The minimum atomic E-state index is -0.0919. The molecule has 5 nitrogen and oxygen atoms in total. The first-order valence-electron chi connectivity index (χ1n) is 14.9. The monoisotopic (exact) mass is 688 g/mol. The largest absolute Gasteiger partial charge is 2.00 e. The van der Waals surface area contributed by atoms with E-state index in [1.54, 1.807) is 6.33 Å². The van der Waals surface area contributed by atoms with Gasteiger partial charge in [0.25, 0.3) is 5.56 Å². The summed E-state index contributed by atoms with van der Waals surface area (Å²) in [4.78, 5) is 27.2. The van der Waals surface area contributed by atoms with Crippen molar-refractivity contribution in [2.24, 2.45) is 0 Å². The molecule has 0 saturated heterocycles. The number of hydrogen-bond donors (Lipinski definition) is 1. The molecule has 0 spiro atoms. The van der Waals surface area contributed by atoms with Gasteiger partial charge in [-0.3, -0.25) is 4.79 Å². The van der Waals surface area contributed by atoms with Crippen molar-refractivity contribution in [1.29, 1.82) is 0 Å². The Bertz CT molecular complexity index is 2330. The van der Waals surface area contributed by atoms with Crippen LogP contribution >= 0.6 is 0 Å². The van der Waals surface area contributed by atoms with E-state index >= 15 is 0 Å². The van der Waals surface area contributed by atoms with Crippen LogP contribution in [0, 0.1) is 33.8 Å². The zero-order valence-corrected chi connectivity index (χ0v) is 29.9. The number of rotatable bonds is 1. The summed E-state index contributed by atoms with van der Waals surface area (Å²) in [5, 5.41) is 6.32. The van der Waals surface area contributed by atoms with Crippen LogP contribution in [0.15, 0.2) is 127 Å². The van der Waals surface area contributed by atoms with E-state index in [-0.39, 0.29) is 45.6 Å². The van der Waals surface area contributed by atoms with Crippen molar-refractivity contribution in [3.05, 3.63) is 161 Å². The van der Waals surface area contributed by atoms with E-state index in [1.165, 1.54) is 39.4 Å². The van der Waals surface area contributed by atoms with Crippen LogP contribution in [-0.2, 0) is 0 Å². The molecule has 0 saturated carbocycles. The van der Waals surface area contributed by atoms with Gasteiger partial charge in [0.05, 0.1) is 28.4 Å². The van der Waals surface area contributed by atoms with Crippen molar-refractivity contribution in [3.63, 3.8) is 0 Å². The Morgan fingerprint density at radius 3 is 1.60 bits per heavy atom. The van der Waals surface area contributed by atoms with E-state index in [2.05, 4.69) is 114 Å². The maximum absolute atomic E-state index is 11.5. The topological polar surface area (TPSA) is 71.5 Å². The van der Waals surface area contributed by atoms with Gasteiger partial charge in [-0.25, -0.2) is 15.0 Å². The van der Waals surface area contributed by atoms with Crippen LogP contribution in [0.25, 0.3) is 54.6 Å². The van der Waals surface area contributed by atoms with Crippen LogP contribution in [0.2, 0.25) is 0 Å². The number of nitrogens with zero attached hydrogens (tertiary/aromatic N) is 3. The number of aryl methyl sites for hydroxylation is 4. The van der Waals surface area contributed by atoms with Crippen molar-refractivity contribution in [2.75, 3.05) is 0 Å². The molecule has 0 fully saturated rings. The van der Waals surface area contributed by atoms with Crippen molar-refractivity contribution < 1.29 is 17.0 Å². The first-order chi connectivity index (χ1) is 21.8. The summed E-state index contributed by atoms with van der Waals surface area (Å²) >= 11 is 0. The molecule has 47 heavy (non-hydrogen) atoms. The average Bonchev–Trinajstić information content (AvgIpc) is 3.03. The van der Waals surface area contributed by atoms with Crippen LogP contribution in [-0.4, -0.2) is 43.0 Å². The molecule has 6 aromatic carbocycles. The Balaban J connectivity index is 0.000000174. The predicted molar refractivity (Wildman–Crippen MR) is 192 cm³/mol. The molecule has 1 N–H and O–H groups in total. The Kier molecular flexibility index (Phi) is 12.0. The number of nitrogens with one attached hydrogen (secondary N) is 1. The molecule has 228 valence electrons. The van der Waals surface area contributed by atoms with Crippen molar-refractivity contribution in [1.82, 2.24) is 19.9 Å². The van der Waals surface area contributed by atoms with E-state index in [0.29, 0.717) is 5.39 Å². The number of benzene rings is 6. The molecule has 0 bridgehead atoms. The average molecular weight is 690 g/mol. The van der Waals surface area contributed by atoms with Gasteiger partial charge in [-0.05, 0) is 71.8 Å². The second-order valence-electron chi connectivity index (χ2n) is 11.4. The van der Waals surface area contributed by atoms with Gasteiger partial charge in [-0.1, -0.05) is 79.6 Å². The molecule has 0 atom stereocenters. The summed E-state index contributed by atoms with van der Waals surface area (Å²) in [6.07, 6.45) is 3.09. The van der Waals surface area contributed by atoms with Gasteiger partial charge in [-0.2, -0.15) is 35.4 Å². The summed E-state index contributed by atoms with van der Waals surface area (Å²) in [5.74, 6) is 0. The predicted octanol–water partition coefficient (Wildman–Crippen LogP) is 5.87. The first-order valence-corrected chi connectivity index (χ1v) is 14.9. The maximum atomic E-state index is 11.5. The smallest absolute Gasteiger partial charge is 1.00 e. The minimum Gasteiger partial charge on any atom is -1.00 e. The molecule has 0 radical (unpaired) electrons. The third-order valence-corrected chi connectivity index (χ3v) is 7.58. The Morgan fingerprint density at radius 2 is 1.06 bits per heavy atom. The van der Waals surface area contributed by atoms with Crippen LogP contribution in [0.3, 0.4) is 0 Å². The molecule has 2 heterocycles. The third-order valence-electron chi connectivity index (χ3n) is 7.58. The van der Waals surface area contributed by atoms with Crippen molar-refractivity contribution in [3.8, 4) is 11.3 Å². The molecular formula is C40H33BrMgN4O. The van der Waals surface area contributed by atoms with Gasteiger partial charge >= 0.3 is 23.1 Å². The summed E-state index contributed by atoms with van der Waals surface area (Å²) in [6, 6.07) is 40.1. The molecule has 0 aliphatic carbocycles. The summed E-state index contributed by atoms with van der Waals surface area (Å²) in [7, 11) is 0. The quantitative estimate of drug-likeness (QED) is 0.133. The van der Waals surface area contributed by atoms with Gasteiger partial charge in [0.2, 0.25) is 0 Å². The van der Waals surface area contributed by atoms with Crippen LogP contribution < -0.4 is 22.5 Å². The second kappa shape index (κ2) is 15.9. The van der Waals surface area contributed by atoms with E-state index in [1.807, 2.05) is 48.5 Å². The molecule has 8 rings (SSSR count). The zero-order valence-electron chi connectivity index (χ0n) is 26.9. The van der Waals surface area contributed by atoms with Crippen LogP contribution in [0.4, 0.5) is 0 Å². The van der Waals surface area contributed by atoms with E-state index in [0.717, 1.165) is 38.4 Å². The molecule has 0 amide bonds. The van der Waals surface area contributed by atoms with Crippen molar-refractivity contribution >= 4 is 66.4 Å². The van der Waals surface area contributed by atoms with Gasteiger partial charge < -0.3 is 22.0 Å². The van der Waals surface area contributed by atoms with E-state index in [9.17, 15) is 4.79 Å². The summed E-state index contributed by atoms with van der Waals surface area (Å²) in [6.45, 7) is 8.39. The van der Waals surface area contributed by atoms with E-state index in [4.69, 9.17) is 0 Å². The number of hydrogen-bond acceptors (Lipinski definition) is 4. The standard InChI is InChI=1S/C20H16N2.C12H8N2O.C8H9.BrH.Mg/c1-13-7-14(2)9-17(8-13)20-18-10-15-5-3-4-6-16(15)11-19(18)21-12-22-20;15-12-10-5-8-3-1-2-4-9(8)6-11(10)13-7-14-12;1-7-4-3-5-8(2)6-7;;/h3-12H,1-2H3;1-7H,(H,13,14,15);4-6H,1-2H3;1H;/q;;-1;;+2/p-1. The Labute approximate surface area is 301 Å². The molecule has 0 aliphatic rings. The van der Waals surface area contributed by atoms with E-state index < -0.39 is 0 Å². The molecule has 0 unspecified atom stereocenters. The normalized spacial score (nSPS) is 10.3. The Morgan fingerprint density at radius 1 is 0.574 bits per heavy atom. The number of H-pyrrole nitrogens is 1. The number of aromatic nitrogens is 4. The van der Waals surface area contributed by atoms with Crippen molar-refractivity contribution in [2.45, 2.75) is 27.7 Å². The van der Waals surface area contributed by atoms with Gasteiger partial charge in [0.15, 0.2) is 0 Å². The second-order valence-corrected chi connectivity index (χ2v) is 11.4. The van der Waals surface area contributed by atoms with Crippen LogP contribution in [0.5, 0.6) is 0 Å². The fourth-order valence-corrected chi connectivity index (χ4v) is 5.59. The summed E-state index contributed by atoms with van der Waals surface area (Å²) in [5.41, 5.74) is 8.86. The molecule has 2 aromatic heterocycles. The maximum Gasteiger partial charge on any atom is 2.00 e. The first kappa shape index (κ1) is 35.4. The minimum absolute atomic E-state index is 0. The Hall–Kier alpha value is -4.43. The fourth-order valence-electron chi connectivity index (χ4n) is 5.59. The SMILES string of the molecule is Cc1c[c-]cc(C)c1.Cc1cc(C)cc(-c2ncnc3cc4ccccc4cc23)c1.O=c1[nH]cnc2cc3ccccc3cc12.[Br-].[Mg+2]. The zero-order chi connectivity index (χ0) is 31.3. The number of aromatic amines is 1. The van der Waals surface area contributed by atoms with Gasteiger partial charge in [0, 0.05) is 10.9 Å².